The van der Waals surface area contributed by atoms with E-state index in [1.54, 1.807) is 43.7 Å². The first-order valence-corrected chi connectivity index (χ1v) is 12.7. The molecule has 152 valence electrons. The molecule has 1 saturated heterocycles. The molecule has 1 aromatic carbocycles. The van der Waals surface area contributed by atoms with E-state index in [4.69, 9.17) is 0 Å². The van der Waals surface area contributed by atoms with Crippen LogP contribution in [-0.2, 0) is 32.5 Å². The number of hydrogen-bond donors (Lipinski definition) is 0. The van der Waals surface area contributed by atoms with E-state index >= 15 is 0 Å². The lowest BCUT2D eigenvalue weighted by atomic mass is 10.1. The third kappa shape index (κ3) is 4.61. The SMILES string of the molecule is CCc1ccc(S(=O)(=O)[C@H]2CS(=O)(=O)C[C@H]2N(C)CCc2ccncc2)cc1. The van der Waals surface area contributed by atoms with Gasteiger partial charge >= 0.3 is 0 Å². The van der Waals surface area contributed by atoms with Gasteiger partial charge in [0.15, 0.2) is 19.7 Å². The van der Waals surface area contributed by atoms with Crippen molar-refractivity contribution in [2.24, 2.45) is 0 Å². The van der Waals surface area contributed by atoms with E-state index in [1.807, 2.05) is 24.0 Å². The Balaban J connectivity index is 1.82. The molecule has 6 nitrogen and oxygen atoms in total. The topological polar surface area (TPSA) is 84.4 Å². The molecule has 2 heterocycles. The van der Waals surface area contributed by atoms with E-state index in [2.05, 4.69) is 4.98 Å². The molecule has 8 heteroatoms. The maximum Gasteiger partial charge on any atom is 0.183 e. The first kappa shape index (κ1) is 21.0. The molecule has 0 N–H and O–H groups in total. The minimum Gasteiger partial charge on any atom is -0.301 e. The highest BCUT2D eigenvalue weighted by Gasteiger charge is 2.47. The van der Waals surface area contributed by atoms with Crippen molar-refractivity contribution in [3.63, 3.8) is 0 Å². The Morgan fingerprint density at radius 2 is 1.68 bits per heavy atom. The van der Waals surface area contributed by atoms with Crippen LogP contribution in [0.2, 0.25) is 0 Å². The number of benzene rings is 1. The normalized spacial score (nSPS) is 21.8. The van der Waals surface area contributed by atoms with Gasteiger partial charge in [0.05, 0.1) is 21.7 Å². The minimum atomic E-state index is -3.74. The van der Waals surface area contributed by atoms with E-state index in [1.165, 1.54) is 0 Å². The monoisotopic (exact) mass is 422 g/mol. The second kappa shape index (κ2) is 8.31. The summed E-state index contributed by atoms with van der Waals surface area (Å²) in [6.07, 6.45) is 4.94. The molecule has 0 bridgehead atoms. The number of pyridine rings is 1. The smallest absolute Gasteiger partial charge is 0.183 e. The molecule has 2 aromatic rings. The summed E-state index contributed by atoms with van der Waals surface area (Å²) in [5.41, 5.74) is 2.13. The minimum absolute atomic E-state index is 0.128. The van der Waals surface area contributed by atoms with Crippen LogP contribution in [0.5, 0.6) is 0 Å². The molecule has 0 amide bonds. The standard InChI is InChI=1S/C20H26N2O4S2/c1-3-16-4-6-18(7-5-16)28(25,26)20-15-27(23,24)14-19(20)22(2)13-10-17-8-11-21-12-9-17/h4-9,11-12,19-20H,3,10,13-15H2,1-2H3/t19-,20+/m1/s1. The molecule has 0 spiro atoms. The summed E-state index contributed by atoms with van der Waals surface area (Å²) in [6.45, 7) is 2.58. The summed E-state index contributed by atoms with van der Waals surface area (Å²) >= 11 is 0. The van der Waals surface area contributed by atoms with Gasteiger partial charge in [-0.2, -0.15) is 0 Å². The third-order valence-corrected chi connectivity index (χ3v) is 9.53. The predicted molar refractivity (Wildman–Crippen MR) is 110 cm³/mol. The van der Waals surface area contributed by atoms with Gasteiger partial charge in [-0.05, 0) is 55.3 Å². The van der Waals surface area contributed by atoms with Crippen molar-refractivity contribution in [3.05, 3.63) is 59.9 Å². The molecule has 1 aliphatic heterocycles. The largest absolute Gasteiger partial charge is 0.301 e. The Bertz CT molecular complexity index is 1000. The zero-order chi connectivity index (χ0) is 20.4. The lowest BCUT2D eigenvalue weighted by Gasteiger charge is -2.28. The number of likely N-dealkylation sites (N-methyl/N-ethyl adjacent to an activating group) is 1. The highest BCUT2D eigenvalue weighted by atomic mass is 32.2. The predicted octanol–water partition coefficient (Wildman–Crippen LogP) is 1.76. The average molecular weight is 423 g/mol. The Kier molecular flexibility index (Phi) is 6.21. The van der Waals surface area contributed by atoms with Crippen molar-refractivity contribution in [3.8, 4) is 0 Å². The van der Waals surface area contributed by atoms with Gasteiger partial charge in [-0.3, -0.25) is 4.98 Å². The quantitative estimate of drug-likeness (QED) is 0.676. The van der Waals surface area contributed by atoms with Crippen LogP contribution in [0.4, 0.5) is 0 Å². The summed E-state index contributed by atoms with van der Waals surface area (Å²) < 4.78 is 51.0. The number of sulfone groups is 2. The van der Waals surface area contributed by atoms with Crippen molar-refractivity contribution >= 4 is 19.7 Å². The molecule has 0 aliphatic carbocycles. The Morgan fingerprint density at radius 3 is 2.29 bits per heavy atom. The summed E-state index contributed by atoms with van der Waals surface area (Å²) in [4.78, 5) is 6.05. The van der Waals surface area contributed by atoms with Gasteiger partial charge in [0.25, 0.3) is 0 Å². The van der Waals surface area contributed by atoms with Crippen LogP contribution >= 0.6 is 0 Å². The van der Waals surface area contributed by atoms with Crippen molar-refractivity contribution in [1.82, 2.24) is 9.88 Å². The molecule has 3 rings (SSSR count). The van der Waals surface area contributed by atoms with Gasteiger partial charge in [-0.15, -0.1) is 0 Å². The van der Waals surface area contributed by atoms with Crippen LogP contribution in [-0.4, -0.2) is 63.1 Å². The number of hydrogen-bond acceptors (Lipinski definition) is 6. The summed E-state index contributed by atoms with van der Waals surface area (Å²) in [5.74, 6) is -0.452. The van der Waals surface area contributed by atoms with Crippen LogP contribution in [0.15, 0.2) is 53.7 Å². The molecular formula is C20H26N2O4S2. The van der Waals surface area contributed by atoms with Gasteiger partial charge < -0.3 is 4.90 Å². The van der Waals surface area contributed by atoms with Crippen LogP contribution in [0.3, 0.4) is 0 Å². The van der Waals surface area contributed by atoms with Gasteiger partial charge in [0.1, 0.15) is 0 Å². The average Bonchev–Trinajstić information content (AvgIpc) is 3.03. The summed E-state index contributed by atoms with van der Waals surface area (Å²) in [5, 5.41) is -0.951. The van der Waals surface area contributed by atoms with Crippen LogP contribution < -0.4 is 0 Å². The van der Waals surface area contributed by atoms with Crippen molar-refractivity contribution in [2.75, 3.05) is 25.1 Å². The fourth-order valence-electron chi connectivity index (χ4n) is 3.61. The molecule has 0 radical (unpaired) electrons. The summed E-state index contributed by atoms with van der Waals surface area (Å²) in [6, 6.07) is 10.0. The summed E-state index contributed by atoms with van der Waals surface area (Å²) in [7, 11) is -5.35. The van der Waals surface area contributed by atoms with E-state index in [9.17, 15) is 16.8 Å². The van der Waals surface area contributed by atoms with Crippen LogP contribution in [0.1, 0.15) is 18.1 Å². The Labute approximate surface area is 167 Å². The van der Waals surface area contributed by atoms with Crippen LogP contribution in [0.25, 0.3) is 0 Å². The number of aryl methyl sites for hydroxylation is 1. The molecule has 2 atom stereocenters. The maximum absolute atomic E-state index is 13.2. The van der Waals surface area contributed by atoms with Crippen LogP contribution in [0, 0.1) is 0 Å². The molecular weight excluding hydrogens is 396 g/mol. The second-order valence-corrected chi connectivity index (χ2v) is 11.6. The zero-order valence-electron chi connectivity index (χ0n) is 16.2. The first-order valence-electron chi connectivity index (χ1n) is 9.35. The Morgan fingerprint density at radius 1 is 1.04 bits per heavy atom. The number of nitrogens with zero attached hydrogens (tertiary/aromatic N) is 2. The fraction of sp³-hybridized carbons (Fsp3) is 0.450. The second-order valence-electron chi connectivity index (χ2n) is 7.31. The maximum atomic E-state index is 13.2. The van der Waals surface area contributed by atoms with Crippen molar-refractivity contribution in [2.45, 2.75) is 36.0 Å². The van der Waals surface area contributed by atoms with Crippen molar-refractivity contribution in [1.29, 1.82) is 0 Å². The fourth-order valence-corrected chi connectivity index (χ4v) is 8.52. The van der Waals surface area contributed by atoms with Crippen molar-refractivity contribution < 1.29 is 16.8 Å². The van der Waals surface area contributed by atoms with Gasteiger partial charge in [-0.1, -0.05) is 19.1 Å². The molecule has 1 aliphatic rings. The molecule has 28 heavy (non-hydrogen) atoms. The lowest BCUT2D eigenvalue weighted by Crippen LogP contribution is -2.45. The van der Waals surface area contributed by atoms with Gasteiger partial charge in [0, 0.05) is 25.0 Å². The number of rotatable bonds is 7. The van der Waals surface area contributed by atoms with Gasteiger partial charge in [-0.25, -0.2) is 16.8 Å². The molecule has 0 unspecified atom stereocenters. The first-order chi connectivity index (χ1) is 13.2. The molecule has 0 saturated carbocycles. The van der Waals surface area contributed by atoms with E-state index in [0.717, 1.165) is 17.5 Å². The highest BCUT2D eigenvalue weighted by molar-refractivity contribution is 7.96. The number of aromatic nitrogens is 1. The molecule has 1 aromatic heterocycles. The van der Waals surface area contributed by atoms with E-state index in [-0.39, 0.29) is 16.4 Å². The van der Waals surface area contributed by atoms with Gasteiger partial charge in [0.2, 0.25) is 0 Å². The van der Waals surface area contributed by atoms with E-state index in [0.29, 0.717) is 13.0 Å². The lowest BCUT2D eigenvalue weighted by molar-refractivity contribution is 0.266. The molecule has 1 fully saturated rings. The third-order valence-electron chi connectivity index (χ3n) is 5.40. The Hall–Kier alpha value is -1.77. The van der Waals surface area contributed by atoms with E-state index < -0.39 is 31.0 Å². The highest BCUT2D eigenvalue weighted by Crippen LogP contribution is 2.29. The zero-order valence-corrected chi connectivity index (χ0v) is 17.8.